The van der Waals surface area contributed by atoms with E-state index in [0.29, 0.717) is 13.0 Å². The van der Waals surface area contributed by atoms with E-state index in [1.54, 1.807) is 0 Å². The molecule has 1 rings (SSSR count). The zero-order valence-electron chi connectivity index (χ0n) is 11.4. The van der Waals surface area contributed by atoms with Gasteiger partial charge in [-0.15, -0.1) is 0 Å². The van der Waals surface area contributed by atoms with Crippen LogP contribution in [0.1, 0.15) is 5.56 Å². The van der Waals surface area contributed by atoms with Gasteiger partial charge in [-0.1, -0.05) is 42.5 Å². The number of nitrogens with zero attached hydrogens (tertiary/aromatic N) is 1. The zero-order valence-corrected chi connectivity index (χ0v) is 12.2. The van der Waals surface area contributed by atoms with E-state index >= 15 is 0 Å². The highest BCUT2D eigenvalue weighted by molar-refractivity contribution is 7.80. The van der Waals surface area contributed by atoms with Gasteiger partial charge in [0.1, 0.15) is 0 Å². The predicted molar refractivity (Wildman–Crippen MR) is 82.0 cm³/mol. The van der Waals surface area contributed by atoms with Gasteiger partial charge in [-0.25, -0.2) is 0 Å². The van der Waals surface area contributed by atoms with Crippen LogP contribution in [0.2, 0.25) is 0 Å². The number of nitrogens with one attached hydrogen (secondary N) is 1. The third-order valence-corrected chi connectivity index (χ3v) is 3.09. The topological polar surface area (TPSA) is 58.4 Å². The van der Waals surface area contributed by atoms with Crippen LogP contribution in [0.25, 0.3) is 0 Å². The standard InChI is InChI=1S/C14H21N3OS/c1-17(2)9-8-16-14(18)12(13(15)19)10-11-6-4-3-5-7-11/h3-7,12H,8-10H2,1-2H3,(H2,15,19)(H,16,18). The van der Waals surface area contributed by atoms with Gasteiger partial charge in [-0.05, 0) is 26.1 Å². The van der Waals surface area contributed by atoms with Crippen molar-refractivity contribution in [2.75, 3.05) is 27.2 Å². The minimum absolute atomic E-state index is 0.0989. The first-order chi connectivity index (χ1) is 9.00. The zero-order chi connectivity index (χ0) is 14.3. The molecule has 0 spiro atoms. The first-order valence-corrected chi connectivity index (χ1v) is 6.67. The first-order valence-electron chi connectivity index (χ1n) is 6.26. The third-order valence-electron chi connectivity index (χ3n) is 2.80. The van der Waals surface area contributed by atoms with E-state index in [2.05, 4.69) is 5.32 Å². The van der Waals surface area contributed by atoms with Crippen molar-refractivity contribution in [3.05, 3.63) is 35.9 Å². The molecular formula is C14H21N3OS. The Morgan fingerprint density at radius 3 is 2.53 bits per heavy atom. The summed E-state index contributed by atoms with van der Waals surface area (Å²) in [5.41, 5.74) is 6.74. The van der Waals surface area contributed by atoms with Crippen molar-refractivity contribution in [1.82, 2.24) is 10.2 Å². The molecule has 0 heterocycles. The van der Waals surface area contributed by atoms with Crippen LogP contribution < -0.4 is 11.1 Å². The lowest BCUT2D eigenvalue weighted by Crippen LogP contribution is -2.41. The van der Waals surface area contributed by atoms with Crippen LogP contribution in [0.5, 0.6) is 0 Å². The molecule has 4 nitrogen and oxygen atoms in total. The molecule has 1 aromatic carbocycles. The van der Waals surface area contributed by atoms with Crippen LogP contribution in [0.4, 0.5) is 0 Å². The van der Waals surface area contributed by atoms with E-state index in [4.69, 9.17) is 18.0 Å². The number of carbonyl (C=O) groups is 1. The second-order valence-electron chi connectivity index (χ2n) is 4.74. The van der Waals surface area contributed by atoms with Gasteiger partial charge >= 0.3 is 0 Å². The highest BCUT2D eigenvalue weighted by Gasteiger charge is 2.21. The summed E-state index contributed by atoms with van der Waals surface area (Å²) in [6, 6.07) is 9.76. The van der Waals surface area contributed by atoms with Crippen LogP contribution in [0.3, 0.4) is 0 Å². The lowest BCUT2D eigenvalue weighted by atomic mass is 9.98. The Kier molecular flexibility index (Phi) is 6.45. The normalized spacial score (nSPS) is 12.2. The monoisotopic (exact) mass is 279 g/mol. The van der Waals surface area contributed by atoms with Gasteiger partial charge in [0.2, 0.25) is 5.91 Å². The Balaban J connectivity index is 2.57. The van der Waals surface area contributed by atoms with Gasteiger partial charge in [0.05, 0.1) is 10.9 Å². The van der Waals surface area contributed by atoms with Crippen molar-refractivity contribution < 1.29 is 4.79 Å². The molecule has 3 N–H and O–H groups in total. The van der Waals surface area contributed by atoms with Crippen molar-refractivity contribution in [3.63, 3.8) is 0 Å². The molecule has 1 unspecified atom stereocenters. The quantitative estimate of drug-likeness (QED) is 0.725. The number of amides is 1. The fourth-order valence-corrected chi connectivity index (χ4v) is 1.89. The van der Waals surface area contributed by atoms with E-state index < -0.39 is 5.92 Å². The Labute approximate surface area is 120 Å². The van der Waals surface area contributed by atoms with Gasteiger partial charge in [-0.2, -0.15) is 0 Å². The number of thiocarbonyl (C=S) groups is 1. The molecule has 1 atom stereocenters. The van der Waals surface area contributed by atoms with Gasteiger partial charge in [0.15, 0.2) is 0 Å². The predicted octanol–water partition coefficient (Wildman–Crippen LogP) is 0.809. The summed E-state index contributed by atoms with van der Waals surface area (Å²) >= 11 is 5.00. The van der Waals surface area contributed by atoms with E-state index in [1.807, 2.05) is 49.3 Å². The third kappa shape index (κ3) is 5.81. The molecular weight excluding hydrogens is 258 g/mol. The van der Waals surface area contributed by atoms with Gasteiger partial charge in [-0.3, -0.25) is 4.79 Å². The smallest absolute Gasteiger partial charge is 0.230 e. The molecule has 0 saturated heterocycles. The molecule has 0 aliphatic heterocycles. The number of nitrogens with two attached hydrogens (primary N) is 1. The van der Waals surface area contributed by atoms with Crippen LogP contribution in [0.15, 0.2) is 30.3 Å². The van der Waals surface area contributed by atoms with E-state index in [9.17, 15) is 4.79 Å². The molecule has 5 heteroatoms. The largest absolute Gasteiger partial charge is 0.393 e. The van der Waals surface area contributed by atoms with Gasteiger partial charge in [0.25, 0.3) is 0 Å². The van der Waals surface area contributed by atoms with Crippen molar-refractivity contribution >= 4 is 23.1 Å². The summed E-state index contributed by atoms with van der Waals surface area (Å²) in [6.07, 6.45) is 0.546. The molecule has 104 valence electrons. The van der Waals surface area contributed by atoms with E-state index in [1.165, 1.54) is 0 Å². The summed E-state index contributed by atoms with van der Waals surface area (Å²) in [5.74, 6) is -0.544. The lowest BCUT2D eigenvalue weighted by molar-refractivity contribution is -0.123. The van der Waals surface area contributed by atoms with Gasteiger partial charge < -0.3 is 16.0 Å². The Bertz CT molecular complexity index is 420. The number of hydrogen-bond acceptors (Lipinski definition) is 3. The van der Waals surface area contributed by atoms with Crippen LogP contribution in [-0.2, 0) is 11.2 Å². The molecule has 0 saturated carbocycles. The highest BCUT2D eigenvalue weighted by atomic mass is 32.1. The molecule has 1 amide bonds. The van der Waals surface area contributed by atoms with Crippen molar-refractivity contribution in [3.8, 4) is 0 Å². The molecule has 19 heavy (non-hydrogen) atoms. The summed E-state index contributed by atoms with van der Waals surface area (Å²) in [5, 5.41) is 2.87. The second kappa shape index (κ2) is 7.86. The van der Waals surface area contributed by atoms with Crippen molar-refractivity contribution in [2.45, 2.75) is 6.42 Å². The minimum Gasteiger partial charge on any atom is -0.393 e. The van der Waals surface area contributed by atoms with Crippen LogP contribution >= 0.6 is 12.2 Å². The molecule has 0 aliphatic carbocycles. The SMILES string of the molecule is CN(C)CCNC(=O)C(Cc1ccccc1)C(N)=S. The molecule has 1 aromatic rings. The first kappa shape index (κ1) is 15.6. The molecule has 0 aromatic heterocycles. The number of benzene rings is 1. The Hall–Kier alpha value is -1.46. The number of carbonyl (C=O) groups excluding carboxylic acids is 1. The van der Waals surface area contributed by atoms with Gasteiger partial charge in [0, 0.05) is 13.1 Å². The lowest BCUT2D eigenvalue weighted by Gasteiger charge is -2.17. The molecule has 0 bridgehead atoms. The summed E-state index contributed by atoms with van der Waals surface area (Å²) in [4.78, 5) is 14.3. The summed E-state index contributed by atoms with van der Waals surface area (Å²) < 4.78 is 0. The number of likely N-dealkylation sites (N-methyl/N-ethyl adjacent to an activating group) is 1. The van der Waals surface area contributed by atoms with E-state index in [0.717, 1.165) is 12.1 Å². The Morgan fingerprint density at radius 2 is 2.00 bits per heavy atom. The maximum Gasteiger partial charge on any atom is 0.230 e. The van der Waals surface area contributed by atoms with Crippen LogP contribution in [-0.4, -0.2) is 43.0 Å². The Morgan fingerprint density at radius 1 is 1.37 bits per heavy atom. The van der Waals surface area contributed by atoms with Crippen molar-refractivity contribution in [1.29, 1.82) is 0 Å². The highest BCUT2D eigenvalue weighted by Crippen LogP contribution is 2.09. The summed E-state index contributed by atoms with van der Waals surface area (Å²) in [6.45, 7) is 1.39. The number of hydrogen-bond donors (Lipinski definition) is 2. The maximum atomic E-state index is 12.1. The summed E-state index contributed by atoms with van der Waals surface area (Å²) in [7, 11) is 3.92. The maximum absolute atomic E-state index is 12.1. The average molecular weight is 279 g/mol. The molecule has 0 aliphatic rings. The fourth-order valence-electron chi connectivity index (χ4n) is 1.70. The van der Waals surface area contributed by atoms with E-state index in [-0.39, 0.29) is 10.9 Å². The molecule has 0 radical (unpaired) electrons. The van der Waals surface area contributed by atoms with Crippen molar-refractivity contribution in [2.24, 2.45) is 11.7 Å². The average Bonchev–Trinajstić information content (AvgIpc) is 2.36. The molecule has 0 fully saturated rings. The number of rotatable bonds is 7. The fraction of sp³-hybridized carbons (Fsp3) is 0.429. The minimum atomic E-state index is -0.445. The second-order valence-corrected chi connectivity index (χ2v) is 5.21. The van der Waals surface area contributed by atoms with Crippen LogP contribution in [0, 0.1) is 5.92 Å².